The van der Waals surface area contributed by atoms with E-state index in [9.17, 15) is 15.0 Å². The second-order valence-electron chi connectivity index (χ2n) is 4.62. The number of imidazole rings is 1. The Morgan fingerprint density at radius 3 is 2.76 bits per heavy atom. The molecule has 0 aromatic heterocycles. The molecule has 3 N–H and O–H groups in total. The Kier molecular flexibility index (Phi) is 2.76. The normalized spacial score (nSPS) is 12.1. The Labute approximate surface area is 118 Å². The van der Waals surface area contributed by atoms with E-state index in [4.69, 9.17) is 0 Å². The van der Waals surface area contributed by atoms with Gasteiger partial charge >= 0.3 is 0 Å². The molecule has 7 nitrogen and oxygen atoms in total. The number of phenols is 2. The summed E-state index contributed by atoms with van der Waals surface area (Å²) in [5, 5.41) is 22.5. The molecular formula is C14H12N4O3. The number of aromatic hydroxyl groups is 2. The topological polar surface area (TPSA) is 104 Å². The lowest BCUT2D eigenvalue weighted by Crippen LogP contribution is -2.32. The fourth-order valence-electron chi connectivity index (χ4n) is 1.93. The minimum Gasteiger partial charge on any atom is -0.504 e. The van der Waals surface area contributed by atoms with Crippen molar-refractivity contribution in [1.82, 2.24) is 19.7 Å². The van der Waals surface area contributed by atoms with Crippen LogP contribution in [-0.4, -0.2) is 30.0 Å². The molecule has 2 aliphatic rings. The maximum atomic E-state index is 12.0. The van der Waals surface area contributed by atoms with Gasteiger partial charge in [0.25, 0.3) is 11.5 Å². The predicted molar refractivity (Wildman–Crippen MR) is 76.0 cm³/mol. The van der Waals surface area contributed by atoms with Crippen LogP contribution in [0.2, 0.25) is 0 Å². The van der Waals surface area contributed by atoms with E-state index in [0.29, 0.717) is 16.6 Å². The van der Waals surface area contributed by atoms with Crippen molar-refractivity contribution < 1.29 is 10.2 Å². The predicted octanol–water partition coefficient (Wildman–Crippen LogP) is -0.648. The van der Waals surface area contributed by atoms with Crippen molar-refractivity contribution in [3.05, 3.63) is 50.5 Å². The molecule has 1 aromatic rings. The molecule has 0 amide bonds. The highest BCUT2D eigenvalue weighted by Gasteiger charge is 2.11. The fraction of sp³-hybridized carbons (Fsp3) is 0.0714. The van der Waals surface area contributed by atoms with E-state index in [2.05, 4.69) is 21.6 Å². The standard InChI is InChI=1S/C14H12N4O3/c1-7-8(2)17-18-10(13(21)16-14(18)15-7)5-9-3-4-11(19)12(20)6-9/h3-6,17,19-20H,2H2,1H3. The van der Waals surface area contributed by atoms with Crippen LogP contribution < -0.4 is 16.3 Å². The van der Waals surface area contributed by atoms with Crippen molar-refractivity contribution in [3.63, 3.8) is 0 Å². The second-order valence-corrected chi connectivity index (χ2v) is 4.62. The fourth-order valence-corrected chi connectivity index (χ4v) is 1.93. The number of aromatic nitrogens is 4. The van der Waals surface area contributed by atoms with Gasteiger partial charge in [-0.3, -0.25) is 9.89 Å². The first-order chi connectivity index (χ1) is 9.95. The molecule has 1 aromatic carbocycles. The number of hydrogen-bond acceptors (Lipinski definition) is 5. The van der Waals surface area contributed by atoms with Gasteiger partial charge in [0.2, 0.25) is 0 Å². The molecule has 0 radical (unpaired) electrons. The van der Waals surface area contributed by atoms with E-state index in [-0.39, 0.29) is 22.8 Å². The third-order valence-corrected chi connectivity index (χ3v) is 3.12. The summed E-state index contributed by atoms with van der Waals surface area (Å²) in [5.74, 6) is -0.239. The maximum absolute atomic E-state index is 12.0. The van der Waals surface area contributed by atoms with Gasteiger partial charge in [-0.05, 0) is 30.7 Å². The molecule has 0 atom stereocenters. The van der Waals surface area contributed by atoms with E-state index in [1.165, 1.54) is 22.9 Å². The van der Waals surface area contributed by atoms with Crippen molar-refractivity contribution in [1.29, 1.82) is 0 Å². The molecule has 2 heterocycles. The highest BCUT2D eigenvalue weighted by molar-refractivity contribution is 5.54. The van der Waals surface area contributed by atoms with Crippen molar-refractivity contribution in [2.45, 2.75) is 6.92 Å². The zero-order valence-electron chi connectivity index (χ0n) is 11.2. The van der Waals surface area contributed by atoms with Gasteiger partial charge < -0.3 is 10.2 Å². The Bertz CT molecular complexity index is 971. The van der Waals surface area contributed by atoms with Gasteiger partial charge in [0.05, 0.1) is 11.0 Å². The van der Waals surface area contributed by atoms with E-state index < -0.39 is 5.56 Å². The van der Waals surface area contributed by atoms with E-state index in [0.717, 1.165) is 0 Å². The van der Waals surface area contributed by atoms with Gasteiger partial charge in [-0.25, -0.2) is 9.67 Å². The van der Waals surface area contributed by atoms with Crippen molar-refractivity contribution in [2.24, 2.45) is 0 Å². The molecule has 0 saturated heterocycles. The molecule has 0 aliphatic carbocycles. The third kappa shape index (κ3) is 2.14. The van der Waals surface area contributed by atoms with Gasteiger partial charge in [-0.1, -0.05) is 12.6 Å². The van der Waals surface area contributed by atoms with Crippen molar-refractivity contribution in [3.8, 4) is 17.4 Å². The van der Waals surface area contributed by atoms with Gasteiger partial charge in [0.15, 0.2) is 11.5 Å². The Morgan fingerprint density at radius 1 is 1.29 bits per heavy atom. The van der Waals surface area contributed by atoms with Crippen LogP contribution in [0.1, 0.15) is 11.3 Å². The Balaban J connectivity index is 2.29. The summed E-state index contributed by atoms with van der Waals surface area (Å²) in [6.07, 6.45) is 1.54. The SMILES string of the molecule is C=c1[nH]n2c(=Cc3ccc(O)c(O)c3)c(=O)nc-2nc1C. The number of H-pyrrole nitrogens is 1. The van der Waals surface area contributed by atoms with Crippen molar-refractivity contribution in [2.75, 3.05) is 0 Å². The van der Waals surface area contributed by atoms with Crippen LogP contribution in [0.5, 0.6) is 11.5 Å². The number of aryl methyl sites for hydroxylation is 1. The van der Waals surface area contributed by atoms with Gasteiger partial charge in [-0.2, -0.15) is 4.98 Å². The number of fused-ring (bicyclic) bond motifs is 1. The maximum Gasteiger partial charge on any atom is 0.299 e. The number of nitrogens with one attached hydrogen (secondary N) is 1. The minimum atomic E-state index is -0.448. The number of aromatic amines is 1. The number of hydrogen-bond donors (Lipinski definition) is 3. The molecule has 0 spiro atoms. The first-order valence-electron chi connectivity index (χ1n) is 6.14. The zero-order valence-corrected chi connectivity index (χ0v) is 11.2. The molecule has 21 heavy (non-hydrogen) atoms. The lowest BCUT2D eigenvalue weighted by atomic mass is 10.2. The summed E-state index contributed by atoms with van der Waals surface area (Å²) in [5.41, 5.74) is 0.751. The molecule has 0 saturated carbocycles. The van der Waals surface area contributed by atoms with Crippen LogP contribution in [0.25, 0.3) is 18.6 Å². The zero-order chi connectivity index (χ0) is 15.1. The molecule has 0 unspecified atom stereocenters. The van der Waals surface area contributed by atoms with E-state index in [1.807, 2.05) is 0 Å². The van der Waals surface area contributed by atoms with E-state index >= 15 is 0 Å². The summed E-state index contributed by atoms with van der Waals surface area (Å²) >= 11 is 0. The molecule has 0 fully saturated rings. The molecule has 106 valence electrons. The smallest absolute Gasteiger partial charge is 0.299 e. The summed E-state index contributed by atoms with van der Waals surface area (Å²) in [4.78, 5) is 20.0. The Morgan fingerprint density at radius 2 is 2.05 bits per heavy atom. The first kappa shape index (κ1) is 12.9. The van der Waals surface area contributed by atoms with Crippen LogP contribution in [0, 0.1) is 6.92 Å². The second kappa shape index (κ2) is 4.48. The average Bonchev–Trinajstić information content (AvgIpc) is 2.71. The van der Waals surface area contributed by atoms with Crippen LogP contribution >= 0.6 is 0 Å². The molecular weight excluding hydrogens is 272 g/mol. The summed E-state index contributed by atoms with van der Waals surface area (Å²) in [6, 6.07) is 4.26. The van der Waals surface area contributed by atoms with Crippen LogP contribution in [0.15, 0.2) is 23.0 Å². The quantitative estimate of drug-likeness (QED) is 0.515. The highest BCUT2D eigenvalue weighted by atomic mass is 16.3. The Hall–Kier alpha value is -3.09. The summed E-state index contributed by atoms with van der Waals surface area (Å²) in [7, 11) is 0. The van der Waals surface area contributed by atoms with Gasteiger partial charge in [0.1, 0.15) is 5.35 Å². The molecule has 7 heteroatoms. The largest absolute Gasteiger partial charge is 0.504 e. The highest BCUT2D eigenvalue weighted by Crippen LogP contribution is 2.24. The molecule has 0 bridgehead atoms. The summed E-state index contributed by atoms with van der Waals surface area (Å²) < 4.78 is 1.43. The molecule has 2 aliphatic heterocycles. The summed E-state index contributed by atoms with van der Waals surface area (Å²) in [6.45, 7) is 5.56. The molecule has 3 rings (SSSR count). The first-order valence-corrected chi connectivity index (χ1v) is 6.14. The minimum absolute atomic E-state index is 0.225. The monoisotopic (exact) mass is 284 g/mol. The average molecular weight is 284 g/mol. The van der Waals surface area contributed by atoms with Gasteiger partial charge in [-0.15, -0.1) is 0 Å². The van der Waals surface area contributed by atoms with E-state index in [1.54, 1.807) is 13.0 Å². The number of rotatable bonds is 1. The van der Waals surface area contributed by atoms with Crippen molar-refractivity contribution >= 4 is 12.7 Å². The lowest BCUT2D eigenvalue weighted by molar-refractivity contribution is 0.403. The third-order valence-electron chi connectivity index (χ3n) is 3.12. The van der Waals surface area contributed by atoms with Crippen LogP contribution in [0.3, 0.4) is 0 Å². The number of nitrogens with zero attached hydrogens (tertiary/aromatic N) is 3. The van der Waals surface area contributed by atoms with Crippen LogP contribution in [0.4, 0.5) is 0 Å². The lowest BCUT2D eigenvalue weighted by Gasteiger charge is -2.03. The van der Waals surface area contributed by atoms with Gasteiger partial charge in [0, 0.05) is 0 Å². The number of phenolic OH excluding ortho intramolecular Hbond substituents is 2. The number of benzene rings is 1. The van der Waals surface area contributed by atoms with Crippen LogP contribution in [-0.2, 0) is 0 Å².